The zero-order valence-electron chi connectivity index (χ0n) is 22.3. The van der Waals surface area contributed by atoms with E-state index in [2.05, 4.69) is 0 Å². The van der Waals surface area contributed by atoms with Gasteiger partial charge in [-0.3, -0.25) is 4.90 Å². The van der Waals surface area contributed by atoms with E-state index in [-0.39, 0.29) is 19.1 Å². The first-order valence-electron chi connectivity index (χ1n) is 12.8. The Morgan fingerprint density at radius 1 is 1.00 bits per heavy atom. The van der Waals surface area contributed by atoms with Gasteiger partial charge in [-0.1, -0.05) is 41.4 Å². The lowest BCUT2D eigenvalue weighted by atomic mass is 9.93. The molecule has 3 aromatic carbocycles. The van der Waals surface area contributed by atoms with Gasteiger partial charge in [0.2, 0.25) is 0 Å². The summed E-state index contributed by atoms with van der Waals surface area (Å²) in [4.78, 5) is 26.0. The van der Waals surface area contributed by atoms with Crippen LogP contribution in [0.5, 0.6) is 17.2 Å². The summed E-state index contributed by atoms with van der Waals surface area (Å²) < 4.78 is 23.6. The normalized spacial score (nSPS) is 18.1. The first kappa shape index (κ1) is 27.9. The topological polar surface area (TPSA) is 94.5 Å². The minimum absolute atomic E-state index is 0.0907. The van der Waals surface area contributed by atoms with Crippen LogP contribution in [-0.4, -0.2) is 40.3 Å². The maximum absolute atomic E-state index is 12.8. The van der Waals surface area contributed by atoms with Crippen molar-refractivity contribution in [3.05, 3.63) is 86.9 Å². The van der Waals surface area contributed by atoms with Crippen molar-refractivity contribution in [3.8, 4) is 17.2 Å². The number of ether oxygens (including phenoxy) is 4. The van der Waals surface area contributed by atoms with Crippen LogP contribution in [-0.2, 0) is 29.1 Å². The number of rotatable bonds is 5. The van der Waals surface area contributed by atoms with Gasteiger partial charge in [-0.2, -0.15) is 0 Å². The van der Waals surface area contributed by atoms with Gasteiger partial charge in [-0.15, -0.1) is 0 Å². The quantitative estimate of drug-likeness (QED) is 0.350. The van der Waals surface area contributed by atoms with E-state index in [0.29, 0.717) is 40.5 Å². The lowest BCUT2D eigenvalue weighted by molar-refractivity contribution is -0.143. The fraction of sp³-hybridized carbons (Fsp3) is 0.333. The number of hydrogen-bond acceptors (Lipinski definition) is 6. The summed E-state index contributed by atoms with van der Waals surface area (Å²) in [6.45, 7) is 5.97. The van der Waals surface area contributed by atoms with Crippen molar-refractivity contribution in [1.29, 1.82) is 0 Å². The van der Waals surface area contributed by atoms with Crippen LogP contribution in [0.2, 0.25) is 10.0 Å². The molecule has 0 aromatic heterocycles. The highest BCUT2D eigenvalue weighted by atomic mass is 35.5. The standard InChI is InChI=1S/C30H29Cl2NO7/c1-30(2,3)40-29(36)33-14-20-13-26-25(12-19(20)11-24(33)28(34)35)38-16-27(39-26)18-5-7-21(8-6-18)37-15-17-4-9-22(31)23(32)10-17/h4-10,12-13,24,27H,11,14-16H2,1-3H3,(H,34,35)/t24-,27+/m0/s1. The molecule has 1 amide bonds. The van der Waals surface area contributed by atoms with Gasteiger partial charge in [0.25, 0.3) is 0 Å². The minimum atomic E-state index is -1.09. The Labute approximate surface area is 242 Å². The van der Waals surface area contributed by atoms with Crippen molar-refractivity contribution in [1.82, 2.24) is 4.90 Å². The number of hydrogen-bond donors (Lipinski definition) is 1. The van der Waals surface area contributed by atoms with Crippen molar-refractivity contribution in [3.63, 3.8) is 0 Å². The molecule has 0 spiro atoms. The van der Waals surface area contributed by atoms with Gasteiger partial charge in [0, 0.05) is 6.42 Å². The molecule has 2 aliphatic heterocycles. The number of fused-ring (bicyclic) bond motifs is 2. The maximum atomic E-state index is 12.8. The Balaban J connectivity index is 1.28. The molecule has 0 radical (unpaired) electrons. The second-order valence-electron chi connectivity index (χ2n) is 10.8. The molecule has 210 valence electrons. The summed E-state index contributed by atoms with van der Waals surface area (Å²) in [6, 6.07) is 15.5. The lowest BCUT2D eigenvalue weighted by Gasteiger charge is -2.36. The molecular weight excluding hydrogens is 557 g/mol. The molecule has 0 unspecified atom stereocenters. The van der Waals surface area contributed by atoms with E-state index in [1.165, 1.54) is 4.90 Å². The van der Waals surface area contributed by atoms with Crippen LogP contribution in [0.3, 0.4) is 0 Å². The molecule has 40 heavy (non-hydrogen) atoms. The Morgan fingerprint density at radius 3 is 2.40 bits per heavy atom. The Hall–Kier alpha value is -3.62. The molecule has 5 rings (SSSR count). The summed E-state index contributed by atoms with van der Waals surface area (Å²) in [7, 11) is 0. The van der Waals surface area contributed by atoms with Crippen LogP contribution in [0, 0.1) is 0 Å². The SMILES string of the molecule is CC(C)(C)OC(=O)N1Cc2cc3c(cc2C[C@H]1C(=O)O)OC[C@H](c1ccc(OCc2ccc(Cl)c(Cl)c2)cc1)O3. The van der Waals surface area contributed by atoms with Gasteiger partial charge in [0.15, 0.2) is 17.6 Å². The molecule has 2 heterocycles. The number of halogens is 2. The van der Waals surface area contributed by atoms with E-state index in [1.807, 2.05) is 42.5 Å². The van der Waals surface area contributed by atoms with E-state index >= 15 is 0 Å². The smallest absolute Gasteiger partial charge is 0.411 e. The van der Waals surface area contributed by atoms with E-state index in [0.717, 1.165) is 22.3 Å². The number of carboxylic acid groups (broad SMARTS) is 1. The van der Waals surface area contributed by atoms with E-state index in [4.69, 9.17) is 42.1 Å². The van der Waals surface area contributed by atoms with Crippen LogP contribution >= 0.6 is 23.2 Å². The third kappa shape index (κ3) is 6.24. The average molecular weight is 586 g/mol. The zero-order valence-corrected chi connectivity index (χ0v) is 23.8. The van der Waals surface area contributed by atoms with Gasteiger partial charge in [0.1, 0.15) is 30.6 Å². The molecule has 0 bridgehead atoms. The number of nitrogens with zero attached hydrogens (tertiary/aromatic N) is 1. The fourth-order valence-corrected chi connectivity index (χ4v) is 4.94. The molecule has 8 nitrogen and oxygen atoms in total. The Bertz CT molecular complexity index is 1440. The predicted octanol–water partition coefficient (Wildman–Crippen LogP) is 6.83. The largest absolute Gasteiger partial charge is 0.489 e. The van der Waals surface area contributed by atoms with Crippen LogP contribution in [0.25, 0.3) is 0 Å². The van der Waals surface area contributed by atoms with Crippen LogP contribution in [0.4, 0.5) is 4.79 Å². The summed E-state index contributed by atoms with van der Waals surface area (Å²) in [5.41, 5.74) is 2.66. The second kappa shape index (κ2) is 11.1. The highest BCUT2D eigenvalue weighted by molar-refractivity contribution is 6.42. The molecule has 0 saturated heterocycles. The monoisotopic (exact) mass is 585 g/mol. The number of carbonyl (C=O) groups excluding carboxylic acids is 1. The van der Waals surface area contributed by atoms with Crippen molar-refractivity contribution in [2.75, 3.05) is 6.61 Å². The summed E-state index contributed by atoms with van der Waals surface area (Å²) >= 11 is 12.1. The van der Waals surface area contributed by atoms with Gasteiger partial charge >= 0.3 is 12.1 Å². The number of aliphatic carboxylic acids is 1. The van der Waals surface area contributed by atoms with Crippen LogP contribution in [0.15, 0.2) is 54.6 Å². The molecule has 0 aliphatic carbocycles. The molecule has 0 saturated carbocycles. The minimum Gasteiger partial charge on any atom is -0.489 e. The highest BCUT2D eigenvalue weighted by Gasteiger charge is 2.38. The van der Waals surface area contributed by atoms with E-state index < -0.39 is 23.7 Å². The number of benzene rings is 3. The second-order valence-corrected chi connectivity index (χ2v) is 11.6. The maximum Gasteiger partial charge on any atom is 0.411 e. The number of carbonyl (C=O) groups is 2. The van der Waals surface area contributed by atoms with Gasteiger partial charge in [-0.05, 0) is 79.4 Å². The molecule has 10 heteroatoms. The Kier molecular flexibility index (Phi) is 7.75. The lowest BCUT2D eigenvalue weighted by Crippen LogP contribution is -2.50. The summed E-state index contributed by atoms with van der Waals surface area (Å²) in [6.07, 6.45) is -0.875. The summed E-state index contributed by atoms with van der Waals surface area (Å²) in [5, 5.41) is 10.8. The molecule has 3 aromatic rings. The van der Waals surface area contributed by atoms with Crippen molar-refractivity contribution < 1.29 is 33.6 Å². The predicted molar refractivity (Wildman–Crippen MR) is 149 cm³/mol. The molecule has 2 atom stereocenters. The third-order valence-corrected chi connectivity index (χ3v) is 7.35. The van der Waals surface area contributed by atoms with Crippen molar-refractivity contribution in [2.45, 2.75) is 58.1 Å². The van der Waals surface area contributed by atoms with Crippen LogP contribution < -0.4 is 14.2 Å². The highest BCUT2D eigenvalue weighted by Crippen LogP contribution is 2.41. The van der Waals surface area contributed by atoms with Gasteiger partial charge < -0.3 is 24.1 Å². The van der Waals surface area contributed by atoms with E-state index in [9.17, 15) is 14.7 Å². The fourth-order valence-electron chi connectivity index (χ4n) is 4.62. The number of carboxylic acids is 1. The molecule has 1 N–H and O–H groups in total. The molecular formula is C30H29Cl2NO7. The molecule has 2 aliphatic rings. The van der Waals surface area contributed by atoms with Crippen LogP contribution in [0.1, 0.15) is 49.1 Å². The molecule has 0 fully saturated rings. The van der Waals surface area contributed by atoms with Crippen molar-refractivity contribution in [2.24, 2.45) is 0 Å². The van der Waals surface area contributed by atoms with E-state index in [1.54, 1.807) is 32.9 Å². The zero-order chi connectivity index (χ0) is 28.6. The first-order valence-corrected chi connectivity index (χ1v) is 13.6. The van der Waals surface area contributed by atoms with Gasteiger partial charge in [0.05, 0.1) is 16.6 Å². The summed E-state index contributed by atoms with van der Waals surface area (Å²) in [5.74, 6) is 0.686. The first-order chi connectivity index (χ1) is 19.0. The average Bonchev–Trinajstić information content (AvgIpc) is 2.90. The Morgan fingerprint density at radius 2 is 1.73 bits per heavy atom. The van der Waals surface area contributed by atoms with Gasteiger partial charge in [-0.25, -0.2) is 9.59 Å². The van der Waals surface area contributed by atoms with Crippen molar-refractivity contribution >= 4 is 35.3 Å². The number of amides is 1. The third-order valence-electron chi connectivity index (χ3n) is 6.61.